The number of aliphatic hydroxyl groups excluding tert-OH is 1. The molecular formula is C23H17N3O7S. The molecule has 172 valence electrons. The fraction of sp³-hybridized carbons (Fsp3) is 0.0435. The minimum Gasteiger partial charge on any atom is -0.507 e. The molecule has 0 aliphatic carbocycles. The maximum absolute atomic E-state index is 13.1. The highest BCUT2D eigenvalue weighted by Gasteiger charge is 2.47. The Morgan fingerprint density at radius 3 is 2.21 bits per heavy atom. The van der Waals surface area contributed by atoms with E-state index in [-0.39, 0.29) is 33.0 Å². The molecular weight excluding hydrogens is 462 g/mol. The van der Waals surface area contributed by atoms with E-state index in [0.717, 1.165) is 4.90 Å². The SMILES string of the molecule is NS(=O)(=O)c1ccc(N2C(=O)C(=O)/C(=C(\O)c3ccccc3)C2c2cccc([N+](=O)[O-])c2)cc1. The lowest BCUT2D eigenvalue weighted by Gasteiger charge is -2.25. The number of nitrogens with zero attached hydrogens (tertiary/aromatic N) is 2. The van der Waals surface area contributed by atoms with Gasteiger partial charge in [0.2, 0.25) is 10.0 Å². The summed E-state index contributed by atoms with van der Waals surface area (Å²) in [6.45, 7) is 0. The maximum Gasteiger partial charge on any atom is 0.300 e. The lowest BCUT2D eigenvalue weighted by atomic mass is 9.95. The van der Waals surface area contributed by atoms with Crippen molar-refractivity contribution in [2.24, 2.45) is 5.14 Å². The Bertz CT molecular complexity index is 1450. The topological polar surface area (TPSA) is 161 Å². The predicted molar refractivity (Wildman–Crippen MR) is 122 cm³/mol. The van der Waals surface area contributed by atoms with Crippen molar-refractivity contribution in [2.45, 2.75) is 10.9 Å². The number of nitrogens with two attached hydrogens (primary N) is 1. The van der Waals surface area contributed by atoms with Gasteiger partial charge in [0.25, 0.3) is 17.4 Å². The summed E-state index contributed by atoms with van der Waals surface area (Å²) in [5.74, 6) is -2.43. The Kier molecular flexibility index (Phi) is 5.73. The molecule has 1 unspecified atom stereocenters. The van der Waals surface area contributed by atoms with E-state index in [9.17, 15) is 33.2 Å². The zero-order valence-corrected chi connectivity index (χ0v) is 18.2. The zero-order valence-electron chi connectivity index (χ0n) is 17.4. The Morgan fingerprint density at radius 2 is 1.62 bits per heavy atom. The smallest absolute Gasteiger partial charge is 0.300 e. The maximum atomic E-state index is 13.1. The first-order chi connectivity index (χ1) is 16.1. The van der Waals surface area contributed by atoms with Crippen molar-refractivity contribution >= 4 is 38.8 Å². The molecule has 1 aliphatic rings. The van der Waals surface area contributed by atoms with Gasteiger partial charge in [-0.25, -0.2) is 13.6 Å². The molecule has 3 N–H and O–H groups in total. The minimum absolute atomic E-state index is 0.137. The summed E-state index contributed by atoms with van der Waals surface area (Å²) in [5, 5.41) is 27.5. The largest absolute Gasteiger partial charge is 0.507 e. The van der Waals surface area contributed by atoms with Crippen LogP contribution in [-0.2, 0) is 19.6 Å². The highest BCUT2D eigenvalue weighted by atomic mass is 32.2. The fourth-order valence-corrected chi connectivity index (χ4v) is 4.29. The van der Waals surface area contributed by atoms with Gasteiger partial charge in [-0.2, -0.15) is 0 Å². The van der Waals surface area contributed by atoms with Gasteiger partial charge in [-0.3, -0.25) is 24.6 Å². The number of hydrogen-bond donors (Lipinski definition) is 2. The molecule has 34 heavy (non-hydrogen) atoms. The van der Waals surface area contributed by atoms with E-state index in [4.69, 9.17) is 5.14 Å². The molecule has 1 amide bonds. The Morgan fingerprint density at radius 1 is 0.971 bits per heavy atom. The molecule has 0 bridgehead atoms. The van der Waals surface area contributed by atoms with Crippen LogP contribution >= 0.6 is 0 Å². The summed E-state index contributed by atoms with van der Waals surface area (Å²) in [4.78, 5) is 37.7. The lowest BCUT2D eigenvalue weighted by Crippen LogP contribution is -2.29. The summed E-state index contributed by atoms with van der Waals surface area (Å²) < 4.78 is 23.2. The molecule has 1 aliphatic heterocycles. The highest BCUT2D eigenvalue weighted by Crippen LogP contribution is 2.42. The Labute approximate surface area is 193 Å². The van der Waals surface area contributed by atoms with E-state index >= 15 is 0 Å². The second-order valence-corrected chi connectivity index (χ2v) is 8.99. The van der Waals surface area contributed by atoms with Crippen molar-refractivity contribution in [3.63, 3.8) is 0 Å². The van der Waals surface area contributed by atoms with Gasteiger partial charge < -0.3 is 5.11 Å². The van der Waals surface area contributed by atoms with Gasteiger partial charge in [0, 0.05) is 23.4 Å². The van der Waals surface area contributed by atoms with Gasteiger partial charge in [-0.15, -0.1) is 0 Å². The highest BCUT2D eigenvalue weighted by molar-refractivity contribution is 7.89. The van der Waals surface area contributed by atoms with Crippen LogP contribution in [0.1, 0.15) is 17.2 Å². The first-order valence-corrected chi connectivity index (χ1v) is 11.4. The molecule has 0 spiro atoms. The number of amides is 1. The van der Waals surface area contributed by atoms with Crippen LogP contribution in [0.3, 0.4) is 0 Å². The summed E-state index contributed by atoms with van der Waals surface area (Å²) in [5.41, 5.74) is 0.0969. The number of rotatable bonds is 5. The number of sulfonamides is 1. The molecule has 1 fully saturated rings. The first-order valence-electron chi connectivity index (χ1n) is 9.83. The Balaban J connectivity index is 1.95. The van der Waals surface area contributed by atoms with Crippen LogP contribution in [0.2, 0.25) is 0 Å². The lowest BCUT2D eigenvalue weighted by molar-refractivity contribution is -0.384. The van der Waals surface area contributed by atoms with Crippen LogP contribution < -0.4 is 10.0 Å². The van der Waals surface area contributed by atoms with Crippen LogP contribution in [-0.4, -0.2) is 30.1 Å². The minimum atomic E-state index is -4.00. The van der Waals surface area contributed by atoms with Crippen LogP contribution in [0.4, 0.5) is 11.4 Å². The average molecular weight is 479 g/mol. The molecule has 3 aromatic rings. The molecule has 1 atom stereocenters. The number of non-ortho nitro benzene ring substituents is 1. The number of benzene rings is 3. The number of primary sulfonamides is 1. The van der Waals surface area contributed by atoms with E-state index in [1.165, 1.54) is 48.5 Å². The van der Waals surface area contributed by atoms with E-state index in [1.807, 2.05) is 0 Å². The van der Waals surface area contributed by atoms with Crippen molar-refractivity contribution in [1.29, 1.82) is 0 Å². The van der Waals surface area contributed by atoms with Gasteiger partial charge in [0.05, 0.1) is 21.4 Å². The number of nitro benzene ring substituents is 1. The molecule has 11 heteroatoms. The van der Waals surface area contributed by atoms with Gasteiger partial charge in [-0.05, 0) is 29.8 Å². The molecule has 0 radical (unpaired) electrons. The standard InChI is InChI=1S/C23H17N3O7S/c24-34(32,33)18-11-9-16(10-12-18)25-20(15-7-4-8-17(13-15)26(30)31)19(22(28)23(25)29)21(27)14-5-2-1-3-6-14/h1-13,20,27H,(H2,24,32,33)/b21-19-. The third-order valence-electron chi connectivity index (χ3n) is 5.33. The molecule has 1 heterocycles. The van der Waals surface area contributed by atoms with Gasteiger partial charge in [-0.1, -0.05) is 42.5 Å². The molecule has 4 rings (SSSR count). The van der Waals surface area contributed by atoms with E-state index in [2.05, 4.69) is 0 Å². The normalized spacial score (nSPS) is 17.7. The van der Waals surface area contributed by atoms with E-state index < -0.39 is 38.4 Å². The number of carbonyl (C=O) groups is 2. The number of hydrogen-bond acceptors (Lipinski definition) is 7. The van der Waals surface area contributed by atoms with Crippen molar-refractivity contribution in [3.8, 4) is 0 Å². The van der Waals surface area contributed by atoms with Crippen molar-refractivity contribution in [2.75, 3.05) is 4.90 Å². The third kappa shape index (κ3) is 4.05. The second-order valence-electron chi connectivity index (χ2n) is 7.43. The average Bonchev–Trinajstić information content (AvgIpc) is 3.09. The summed E-state index contributed by atoms with van der Waals surface area (Å²) >= 11 is 0. The molecule has 0 aromatic heterocycles. The summed E-state index contributed by atoms with van der Waals surface area (Å²) in [7, 11) is -4.00. The third-order valence-corrected chi connectivity index (χ3v) is 6.26. The van der Waals surface area contributed by atoms with Crippen LogP contribution in [0.25, 0.3) is 5.76 Å². The van der Waals surface area contributed by atoms with Gasteiger partial charge in [0.1, 0.15) is 5.76 Å². The second kappa shape index (κ2) is 8.54. The zero-order chi connectivity index (χ0) is 24.6. The van der Waals surface area contributed by atoms with Gasteiger partial charge in [0.15, 0.2) is 0 Å². The van der Waals surface area contributed by atoms with Crippen molar-refractivity contribution in [3.05, 3.63) is 106 Å². The monoisotopic (exact) mass is 479 g/mol. The molecule has 3 aromatic carbocycles. The van der Waals surface area contributed by atoms with Crippen LogP contribution in [0.5, 0.6) is 0 Å². The number of carbonyl (C=O) groups excluding carboxylic acids is 2. The van der Waals surface area contributed by atoms with Crippen molar-refractivity contribution in [1.82, 2.24) is 0 Å². The quantitative estimate of drug-likeness (QED) is 0.187. The van der Waals surface area contributed by atoms with Crippen LogP contribution in [0, 0.1) is 10.1 Å². The predicted octanol–water partition coefficient (Wildman–Crippen LogP) is 2.87. The fourth-order valence-electron chi connectivity index (χ4n) is 3.77. The van der Waals surface area contributed by atoms with E-state index in [1.54, 1.807) is 30.3 Å². The number of ketones is 1. The Hall–Kier alpha value is -4.35. The number of aliphatic hydroxyl groups is 1. The number of anilines is 1. The van der Waals surface area contributed by atoms with Crippen LogP contribution in [0.15, 0.2) is 89.3 Å². The first kappa shape index (κ1) is 22.8. The molecule has 10 nitrogen and oxygen atoms in total. The summed E-state index contributed by atoms with van der Waals surface area (Å²) in [6.07, 6.45) is 0. The van der Waals surface area contributed by atoms with E-state index in [0.29, 0.717) is 0 Å². The molecule has 1 saturated heterocycles. The number of Topliss-reactive ketones (excluding diaryl/α,β-unsaturated/α-hetero) is 1. The van der Waals surface area contributed by atoms with Gasteiger partial charge >= 0.3 is 0 Å². The number of nitro groups is 1. The molecule has 0 saturated carbocycles. The van der Waals surface area contributed by atoms with Crippen molar-refractivity contribution < 1.29 is 28.0 Å². The summed E-state index contributed by atoms with van der Waals surface area (Å²) in [6, 6.07) is 17.2.